The van der Waals surface area contributed by atoms with Gasteiger partial charge in [-0.15, -0.1) is 0 Å². The van der Waals surface area contributed by atoms with E-state index in [1.54, 1.807) is 12.1 Å². The molecule has 1 unspecified atom stereocenters. The Morgan fingerprint density at radius 1 is 0.852 bits per heavy atom. The van der Waals surface area contributed by atoms with Crippen molar-refractivity contribution in [3.63, 3.8) is 0 Å². The molecule has 2 nitrogen and oxygen atoms in total. The second kappa shape index (κ2) is 6.91. The van der Waals surface area contributed by atoms with E-state index < -0.39 is 17.5 Å². The standard InChI is InChI=1S/C22H16F3NO/c23-15-9-7-13(8-10-15)22(27)26-16-11-14-3-1-4-17(19(14)12-16)18-5-2-6-20(24)21(18)25/h1-10,16H,11-12H2,(H,26,27). The number of benzene rings is 3. The van der Waals surface area contributed by atoms with Gasteiger partial charge in [-0.3, -0.25) is 4.79 Å². The van der Waals surface area contributed by atoms with Gasteiger partial charge in [0.2, 0.25) is 0 Å². The summed E-state index contributed by atoms with van der Waals surface area (Å²) >= 11 is 0. The lowest BCUT2D eigenvalue weighted by Gasteiger charge is -2.13. The summed E-state index contributed by atoms with van der Waals surface area (Å²) in [4.78, 5) is 12.4. The largest absolute Gasteiger partial charge is 0.349 e. The Morgan fingerprint density at radius 2 is 1.56 bits per heavy atom. The van der Waals surface area contributed by atoms with E-state index in [1.807, 2.05) is 12.1 Å². The van der Waals surface area contributed by atoms with Crippen LogP contribution >= 0.6 is 0 Å². The molecule has 1 aliphatic rings. The molecule has 0 aliphatic heterocycles. The molecule has 1 atom stereocenters. The zero-order valence-corrected chi connectivity index (χ0v) is 14.3. The molecule has 0 bridgehead atoms. The maximum Gasteiger partial charge on any atom is 0.251 e. The maximum atomic E-state index is 14.2. The zero-order valence-electron chi connectivity index (χ0n) is 14.3. The van der Waals surface area contributed by atoms with Gasteiger partial charge in [-0.05, 0) is 59.9 Å². The van der Waals surface area contributed by atoms with E-state index in [-0.39, 0.29) is 17.5 Å². The van der Waals surface area contributed by atoms with Gasteiger partial charge < -0.3 is 5.32 Å². The molecule has 1 aliphatic carbocycles. The Hall–Kier alpha value is -3.08. The summed E-state index contributed by atoms with van der Waals surface area (Å²) in [5, 5.41) is 2.94. The van der Waals surface area contributed by atoms with E-state index in [4.69, 9.17) is 0 Å². The van der Waals surface area contributed by atoms with Crippen LogP contribution < -0.4 is 5.32 Å². The van der Waals surface area contributed by atoms with Crippen molar-refractivity contribution < 1.29 is 18.0 Å². The fraction of sp³-hybridized carbons (Fsp3) is 0.136. The van der Waals surface area contributed by atoms with Crippen molar-refractivity contribution in [3.8, 4) is 11.1 Å². The van der Waals surface area contributed by atoms with Gasteiger partial charge in [0.25, 0.3) is 5.91 Å². The number of amides is 1. The summed E-state index contributed by atoms with van der Waals surface area (Å²) < 4.78 is 40.9. The summed E-state index contributed by atoms with van der Waals surface area (Å²) in [6, 6.07) is 14.8. The first-order chi connectivity index (χ1) is 13.0. The predicted octanol–water partition coefficient (Wildman–Crippen LogP) is 4.67. The van der Waals surface area contributed by atoms with Crippen molar-refractivity contribution in [1.29, 1.82) is 0 Å². The lowest BCUT2D eigenvalue weighted by atomic mass is 9.96. The third-order valence-corrected chi connectivity index (χ3v) is 4.87. The predicted molar refractivity (Wildman–Crippen MR) is 96.9 cm³/mol. The first-order valence-electron chi connectivity index (χ1n) is 8.64. The molecule has 0 fully saturated rings. The molecule has 0 saturated heterocycles. The lowest BCUT2D eigenvalue weighted by molar-refractivity contribution is 0.0938. The van der Waals surface area contributed by atoms with Gasteiger partial charge in [-0.25, -0.2) is 13.2 Å². The van der Waals surface area contributed by atoms with Crippen LogP contribution in [0.4, 0.5) is 13.2 Å². The van der Waals surface area contributed by atoms with Gasteiger partial charge in [0.1, 0.15) is 5.82 Å². The molecule has 4 rings (SSSR count). The van der Waals surface area contributed by atoms with Crippen molar-refractivity contribution in [2.24, 2.45) is 0 Å². The van der Waals surface area contributed by atoms with Gasteiger partial charge >= 0.3 is 0 Å². The SMILES string of the molecule is O=C(NC1Cc2cccc(-c3cccc(F)c3F)c2C1)c1ccc(F)cc1. The van der Waals surface area contributed by atoms with E-state index in [0.717, 1.165) is 17.2 Å². The number of nitrogens with one attached hydrogen (secondary N) is 1. The molecule has 1 N–H and O–H groups in total. The minimum Gasteiger partial charge on any atom is -0.349 e. The molecule has 0 saturated carbocycles. The Balaban J connectivity index is 1.58. The van der Waals surface area contributed by atoms with Crippen molar-refractivity contribution in [3.05, 3.63) is 94.8 Å². The van der Waals surface area contributed by atoms with Crippen LogP contribution in [0.2, 0.25) is 0 Å². The van der Waals surface area contributed by atoms with Crippen molar-refractivity contribution in [1.82, 2.24) is 5.32 Å². The molecule has 1 amide bonds. The minimum absolute atomic E-state index is 0.157. The lowest BCUT2D eigenvalue weighted by Crippen LogP contribution is -2.35. The summed E-state index contributed by atoms with van der Waals surface area (Å²) in [7, 11) is 0. The van der Waals surface area contributed by atoms with Crippen LogP contribution in [-0.2, 0) is 12.8 Å². The van der Waals surface area contributed by atoms with Gasteiger partial charge in [0.15, 0.2) is 11.6 Å². The van der Waals surface area contributed by atoms with E-state index in [0.29, 0.717) is 24.0 Å². The molecule has 27 heavy (non-hydrogen) atoms. The second-order valence-corrected chi connectivity index (χ2v) is 6.63. The smallest absolute Gasteiger partial charge is 0.251 e. The molecule has 5 heteroatoms. The van der Waals surface area contributed by atoms with Crippen molar-refractivity contribution in [2.75, 3.05) is 0 Å². The number of rotatable bonds is 3. The fourth-order valence-electron chi connectivity index (χ4n) is 3.59. The quantitative estimate of drug-likeness (QED) is 0.716. The number of carbonyl (C=O) groups excluding carboxylic acids is 1. The number of hydrogen-bond donors (Lipinski definition) is 1. The third kappa shape index (κ3) is 3.33. The second-order valence-electron chi connectivity index (χ2n) is 6.63. The van der Waals surface area contributed by atoms with E-state index >= 15 is 0 Å². The molecule has 0 aromatic heterocycles. The molecular formula is C22H16F3NO. The van der Waals surface area contributed by atoms with Gasteiger partial charge in [-0.1, -0.05) is 30.3 Å². The maximum absolute atomic E-state index is 14.2. The highest BCUT2D eigenvalue weighted by Gasteiger charge is 2.26. The van der Waals surface area contributed by atoms with Crippen LogP contribution in [-0.4, -0.2) is 11.9 Å². The zero-order chi connectivity index (χ0) is 19.0. The summed E-state index contributed by atoms with van der Waals surface area (Å²) in [5.41, 5.74) is 3.15. The van der Waals surface area contributed by atoms with Gasteiger partial charge in [-0.2, -0.15) is 0 Å². The molecular weight excluding hydrogens is 351 g/mol. The molecule has 3 aromatic carbocycles. The van der Waals surface area contributed by atoms with Crippen LogP contribution in [0.1, 0.15) is 21.5 Å². The first-order valence-corrected chi connectivity index (χ1v) is 8.64. The topological polar surface area (TPSA) is 29.1 Å². The normalized spacial score (nSPS) is 15.4. The Labute approximate surface area is 154 Å². The van der Waals surface area contributed by atoms with Crippen LogP contribution in [0.15, 0.2) is 60.7 Å². The van der Waals surface area contributed by atoms with Crippen LogP contribution in [0, 0.1) is 17.5 Å². The van der Waals surface area contributed by atoms with Gasteiger partial charge in [0.05, 0.1) is 0 Å². The molecule has 3 aromatic rings. The molecule has 0 radical (unpaired) electrons. The van der Waals surface area contributed by atoms with Crippen LogP contribution in [0.25, 0.3) is 11.1 Å². The summed E-state index contributed by atoms with van der Waals surface area (Å²) in [6.45, 7) is 0. The first kappa shape index (κ1) is 17.3. The van der Waals surface area contributed by atoms with E-state index in [9.17, 15) is 18.0 Å². The van der Waals surface area contributed by atoms with Crippen LogP contribution in [0.3, 0.4) is 0 Å². The van der Waals surface area contributed by atoms with Crippen LogP contribution in [0.5, 0.6) is 0 Å². The minimum atomic E-state index is -0.885. The third-order valence-electron chi connectivity index (χ3n) is 4.87. The van der Waals surface area contributed by atoms with Gasteiger partial charge in [0, 0.05) is 17.2 Å². The Morgan fingerprint density at radius 3 is 2.33 bits per heavy atom. The highest BCUT2D eigenvalue weighted by Crippen LogP contribution is 2.34. The van der Waals surface area contributed by atoms with Crippen molar-refractivity contribution in [2.45, 2.75) is 18.9 Å². The van der Waals surface area contributed by atoms with E-state index in [2.05, 4.69) is 5.32 Å². The number of halogens is 3. The highest BCUT2D eigenvalue weighted by molar-refractivity contribution is 5.94. The summed E-state index contributed by atoms with van der Waals surface area (Å²) in [6.07, 6.45) is 1.13. The highest BCUT2D eigenvalue weighted by atomic mass is 19.2. The number of hydrogen-bond acceptors (Lipinski definition) is 1. The number of fused-ring (bicyclic) bond motifs is 1. The molecule has 136 valence electrons. The monoisotopic (exact) mass is 367 g/mol. The Kier molecular flexibility index (Phi) is 4.44. The molecule has 0 spiro atoms. The Bertz CT molecular complexity index is 1010. The van der Waals surface area contributed by atoms with E-state index in [1.165, 1.54) is 30.3 Å². The molecule has 0 heterocycles. The van der Waals surface area contributed by atoms with Crippen molar-refractivity contribution >= 4 is 5.91 Å². The fourth-order valence-corrected chi connectivity index (χ4v) is 3.59. The average molecular weight is 367 g/mol. The average Bonchev–Trinajstić information content (AvgIpc) is 3.07. The number of carbonyl (C=O) groups is 1. The summed E-state index contributed by atoms with van der Waals surface area (Å²) in [5.74, 6) is -2.44.